The number of fused-ring (bicyclic) bond motifs is 2. The van der Waals surface area contributed by atoms with Crippen molar-refractivity contribution in [3.63, 3.8) is 0 Å². The number of likely N-dealkylation sites (N-methyl/N-ethyl adjacent to an activating group) is 1. The minimum Gasteiger partial charge on any atom is -0.487 e. The zero-order valence-corrected chi connectivity index (χ0v) is 22.4. The molecule has 2 aliphatic rings. The van der Waals surface area contributed by atoms with Crippen LogP contribution in [-0.2, 0) is 19.6 Å². The molecule has 37 heavy (non-hydrogen) atoms. The number of carbonyl (C=O) groups excluding carboxylic acids is 1. The predicted octanol–water partition coefficient (Wildman–Crippen LogP) is 3.06. The van der Waals surface area contributed by atoms with Crippen molar-refractivity contribution < 1.29 is 41.0 Å². The molecule has 1 amide bonds. The summed E-state index contributed by atoms with van der Waals surface area (Å²) < 4.78 is 66.7. The standard InChI is InChI=1S/C22H35N3O4S.C2HF3O2/c1-17(2)9-10-22(26)24-13-11-18-19(12-14-24)29-20-7-5-6-8-21(20)30(27,28)25(18)16-15-23(3)4;3-2(4,5)1(6)7/h5-8,17-19H,9-16H2,1-4H3;(H,6,7)/t18-,19-;/m0./s1. The summed E-state index contributed by atoms with van der Waals surface area (Å²) in [5.41, 5.74) is 0. The lowest BCUT2D eigenvalue weighted by Gasteiger charge is -2.32. The van der Waals surface area contributed by atoms with E-state index in [-0.39, 0.29) is 22.9 Å². The maximum Gasteiger partial charge on any atom is 0.490 e. The largest absolute Gasteiger partial charge is 0.490 e. The van der Waals surface area contributed by atoms with Gasteiger partial charge in [-0.1, -0.05) is 26.0 Å². The maximum absolute atomic E-state index is 13.5. The van der Waals surface area contributed by atoms with Gasteiger partial charge in [-0.25, -0.2) is 13.2 Å². The molecule has 0 radical (unpaired) electrons. The van der Waals surface area contributed by atoms with Gasteiger partial charge in [0, 0.05) is 39.0 Å². The number of sulfonamides is 1. The van der Waals surface area contributed by atoms with Gasteiger partial charge in [0.05, 0.1) is 6.04 Å². The Bertz CT molecular complexity index is 1030. The molecular formula is C24H36F3N3O6S. The molecule has 1 aromatic rings. The summed E-state index contributed by atoms with van der Waals surface area (Å²) >= 11 is 0. The van der Waals surface area contributed by atoms with E-state index in [1.165, 1.54) is 0 Å². The second-order valence-corrected chi connectivity index (χ2v) is 11.6. The first-order valence-corrected chi connectivity index (χ1v) is 13.6. The Kier molecular flexibility index (Phi) is 10.8. The van der Waals surface area contributed by atoms with Crippen LogP contribution in [-0.4, -0.2) is 98.1 Å². The van der Waals surface area contributed by atoms with E-state index in [0.29, 0.717) is 57.1 Å². The zero-order chi connectivity index (χ0) is 28.0. The minimum atomic E-state index is -5.08. The highest BCUT2D eigenvalue weighted by Gasteiger charge is 2.43. The van der Waals surface area contributed by atoms with Crippen LogP contribution in [0.4, 0.5) is 13.2 Å². The van der Waals surface area contributed by atoms with E-state index in [0.717, 1.165) is 6.42 Å². The van der Waals surface area contributed by atoms with Crippen LogP contribution in [0.1, 0.15) is 39.5 Å². The van der Waals surface area contributed by atoms with Crippen molar-refractivity contribution >= 4 is 21.9 Å². The molecule has 13 heteroatoms. The predicted molar refractivity (Wildman–Crippen MR) is 131 cm³/mol. The molecule has 0 aromatic heterocycles. The zero-order valence-electron chi connectivity index (χ0n) is 21.6. The summed E-state index contributed by atoms with van der Waals surface area (Å²) in [6.45, 7) is 6.42. The van der Waals surface area contributed by atoms with Crippen LogP contribution < -0.4 is 4.74 Å². The van der Waals surface area contributed by atoms with E-state index in [4.69, 9.17) is 14.6 Å². The Morgan fingerprint density at radius 3 is 2.32 bits per heavy atom. The molecule has 1 saturated heterocycles. The van der Waals surface area contributed by atoms with Crippen LogP contribution in [0.3, 0.4) is 0 Å². The average Bonchev–Trinajstić information content (AvgIpc) is 3.04. The van der Waals surface area contributed by atoms with Gasteiger partial charge in [0.2, 0.25) is 15.9 Å². The van der Waals surface area contributed by atoms with Crippen LogP contribution in [0, 0.1) is 5.92 Å². The molecule has 1 aromatic carbocycles. The lowest BCUT2D eigenvalue weighted by atomic mass is 10.1. The quantitative estimate of drug-likeness (QED) is 0.579. The number of alkyl halides is 3. The van der Waals surface area contributed by atoms with Crippen LogP contribution >= 0.6 is 0 Å². The van der Waals surface area contributed by atoms with E-state index in [1.807, 2.05) is 23.9 Å². The molecule has 0 aliphatic carbocycles. The molecule has 0 unspecified atom stereocenters. The molecule has 0 bridgehead atoms. The number of hydrogen-bond donors (Lipinski definition) is 1. The van der Waals surface area contributed by atoms with Gasteiger partial charge in [-0.2, -0.15) is 17.5 Å². The number of carboxylic acids is 1. The third-order valence-corrected chi connectivity index (χ3v) is 8.15. The van der Waals surface area contributed by atoms with Crippen LogP contribution in [0.15, 0.2) is 29.2 Å². The molecule has 9 nitrogen and oxygen atoms in total. The Balaban J connectivity index is 0.000000604. The molecule has 210 valence electrons. The van der Waals surface area contributed by atoms with Gasteiger partial charge in [-0.15, -0.1) is 0 Å². The molecule has 0 spiro atoms. The number of likely N-dealkylation sites (tertiary alicyclic amines) is 1. The number of ether oxygens (including phenoxy) is 1. The second kappa shape index (κ2) is 12.9. The van der Waals surface area contributed by atoms with Gasteiger partial charge < -0.3 is 19.6 Å². The van der Waals surface area contributed by atoms with Crippen molar-refractivity contribution in [1.29, 1.82) is 0 Å². The van der Waals surface area contributed by atoms with Crippen molar-refractivity contribution in [2.75, 3.05) is 40.3 Å². The fraction of sp³-hybridized carbons (Fsp3) is 0.667. The fourth-order valence-electron chi connectivity index (χ4n) is 4.16. The van der Waals surface area contributed by atoms with E-state index in [2.05, 4.69) is 13.8 Å². The van der Waals surface area contributed by atoms with Crippen LogP contribution in [0.2, 0.25) is 0 Å². The van der Waals surface area contributed by atoms with E-state index >= 15 is 0 Å². The van der Waals surface area contributed by atoms with Gasteiger partial charge >= 0.3 is 12.1 Å². The van der Waals surface area contributed by atoms with Gasteiger partial charge in [0.15, 0.2) is 0 Å². The molecule has 2 heterocycles. The monoisotopic (exact) mass is 551 g/mol. The Hall–Kier alpha value is -2.38. The van der Waals surface area contributed by atoms with Gasteiger partial charge in [0.25, 0.3) is 0 Å². The van der Waals surface area contributed by atoms with E-state index in [9.17, 15) is 26.4 Å². The summed E-state index contributed by atoms with van der Waals surface area (Å²) in [7, 11) is 0.196. The number of carboxylic acid groups (broad SMARTS) is 1. The third-order valence-electron chi connectivity index (χ3n) is 6.19. The first kappa shape index (κ1) is 30.8. The Labute approximate surface area is 216 Å². The van der Waals surface area contributed by atoms with Crippen molar-refractivity contribution in [3.05, 3.63) is 24.3 Å². The summed E-state index contributed by atoms with van der Waals surface area (Å²) in [5, 5.41) is 7.12. The number of benzene rings is 1. The highest BCUT2D eigenvalue weighted by molar-refractivity contribution is 7.89. The molecule has 2 atom stereocenters. The van der Waals surface area contributed by atoms with E-state index in [1.54, 1.807) is 28.6 Å². The second-order valence-electron chi connectivity index (χ2n) is 9.78. The SMILES string of the molecule is CC(C)CCC(=O)N1CC[C@@H]2Oc3ccccc3S(=O)(=O)N(CCN(C)C)[C@H]2CC1.O=C(O)C(F)(F)F. The highest BCUT2D eigenvalue weighted by atomic mass is 32.2. The number of nitrogens with zero attached hydrogens (tertiary/aromatic N) is 3. The van der Waals surface area contributed by atoms with Gasteiger partial charge in [-0.05, 0) is 45.0 Å². The smallest absolute Gasteiger partial charge is 0.487 e. The normalized spacial score (nSPS) is 21.6. The van der Waals surface area contributed by atoms with Crippen LogP contribution in [0.25, 0.3) is 0 Å². The first-order valence-electron chi connectivity index (χ1n) is 12.1. The number of halogens is 3. The Morgan fingerprint density at radius 2 is 1.76 bits per heavy atom. The van der Waals surface area contributed by atoms with Gasteiger partial charge in [0.1, 0.15) is 16.7 Å². The van der Waals surface area contributed by atoms with E-state index < -0.39 is 22.2 Å². The maximum atomic E-state index is 13.5. The lowest BCUT2D eigenvalue weighted by molar-refractivity contribution is -0.192. The van der Waals surface area contributed by atoms with Crippen molar-refractivity contribution in [1.82, 2.24) is 14.1 Å². The lowest BCUT2D eigenvalue weighted by Crippen LogP contribution is -2.49. The number of hydrogen-bond acceptors (Lipinski definition) is 6. The summed E-state index contributed by atoms with van der Waals surface area (Å²) in [5.74, 6) is -1.70. The highest BCUT2D eigenvalue weighted by Crippen LogP contribution is 2.36. The number of rotatable bonds is 6. The summed E-state index contributed by atoms with van der Waals surface area (Å²) in [4.78, 5) is 25.7. The van der Waals surface area contributed by atoms with Crippen LogP contribution in [0.5, 0.6) is 5.75 Å². The summed E-state index contributed by atoms with van der Waals surface area (Å²) in [6.07, 6.45) is -2.73. The average molecular weight is 552 g/mol. The Morgan fingerprint density at radius 1 is 1.16 bits per heavy atom. The van der Waals surface area contributed by atoms with Gasteiger partial charge in [-0.3, -0.25) is 4.79 Å². The fourth-order valence-corrected chi connectivity index (χ4v) is 5.95. The van der Waals surface area contributed by atoms with Crippen molar-refractivity contribution in [2.45, 2.75) is 62.7 Å². The molecular weight excluding hydrogens is 515 g/mol. The molecule has 0 saturated carbocycles. The van der Waals surface area contributed by atoms with Crippen molar-refractivity contribution in [2.24, 2.45) is 5.92 Å². The number of amides is 1. The van der Waals surface area contributed by atoms with Crippen molar-refractivity contribution in [3.8, 4) is 5.75 Å². The summed E-state index contributed by atoms with van der Waals surface area (Å²) in [6, 6.07) is 6.61. The number of para-hydroxylation sites is 1. The molecule has 1 fully saturated rings. The minimum absolute atomic E-state index is 0.156. The number of aliphatic carboxylic acids is 1. The first-order chi connectivity index (χ1) is 17.1. The molecule has 3 rings (SSSR count). The third kappa shape index (κ3) is 8.57. The number of carbonyl (C=O) groups is 2. The molecule has 2 aliphatic heterocycles. The molecule has 1 N–H and O–H groups in total. The topological polar surface area (TPSA) is 107 Å².